The number of halogens is 3. The molecule has 3 fully saturated rings. The Kier molecular flexibility index (Phi) is 5.99. The van der Waals surface area contributed by atoms with Gasteiger partial charge in [0.05, 0.1) is 37.3 Å². The van der Waals surface area contributed by atoms with Gasteiger partial charge in [0.1, 0.15) is 11.9 Å². The summed E-state index contributed by atoms with van der Waals surface area (Å²) in [5.41, 5.74) is 0.447. The van der Waals surface area contributed by atoms with Crippen molar-refractivity contribution in [1.29, 1.82) is 0 Å². The van der Waals surface area contributed by atoms with Crippen LogP contribution in [-0.2, 0) is 9.53 Å². The van der Waals surface area contributed by atoms with Crippen molar-refractivity contribution in [3.8, 4) is 5.75 Å². The van der Waals surface area contributed by atoms with Crippen molar-refractivity contribution >= 4 is 28.9 Å². The van der Waals surface area contributed by atoms with Gasteiger partial charge in [-0.05, 0) is 42.9 Å². The second-order valence-corrected chi connectivity index (χ2v) is 8.10. The zero-order valence-electron chi connectivity index (χ0n) is 16.3. The summed E-state index contributed by atoms with van der Waals surface area (Å²) in [6.07, 6.45) is -7.05. The number of ether oxygens (including phenoxy) is 2. The minimum Gasteiger partial charge on any atom is -0.406 e. The lowest BCUT2D eigenvalue weighted by Crippen LogP contribution is -2.61. The predicted octanol–water partition coefficient (Wildman–Crippen LogP) is 0.617. The Balaban J connectivity index is 1.63. The molecule has 0 spiro atoms. The lowest BCUT2D eigenvalue weighted by atomic mass is 9.77. The zero-order chi connectivity index (χ0) is 22.3. The number of thiocarbonyl (C=S) groups is 1. The zero-order valence-corrected chi connectivity index (χ0v) is 17.1. The largest absolute Gasteiger partial charge is 0.573 e. The van der Waals surface area contributed by atoms with E-state index in [9.17, 15) is 28.2 Å². The molecule has 2 aliphatic heterocycles. The molecule has 3 N–H and O–H groups in total. The first-order valence-electron chi connectivity index (χ1n) is 9.84. The third-order valence-corrected chi connectivity index (χ3v) is 6.15. The molecule has 0 radical (unpaired) electrons. The fourth-order valence-electron chi connectivity index (χ4n) is 4.45. The quantitative estimate of drug-likeness (QED) is 0.564. The van der Waals surface area contributed by atoms with E-state index in [0.29, 0.717) is 32.0 Å². The average molecular weight is 461 g/mol. The Morgan fingerprint density at radius 2 is 1.84 bits per heavy atom. The number of fused-ring (bicyclic) bond motifs is 1. The van der Waals surface area contributed by atoms with Crippen LogP contribution >= 0.6 is 12.2 Å². The number of rotatable bonds is 3. The molecule has 0 aromatic heterocycles. The van der Waals surface area contributed by atoms with Gasteiger partial charge in [-0.2, -0.15) is 0 Å². The number of carbonyl (C=O) groups is 1. The SMILES string of the molecule is O=C([C@@H]1C[C@@H](O)[C@H](O)[C@@H]2NC(=S)N(c3ccc(OC(F)(F)F)cc3)[C@@H]21)N1CCOCC1. The van der Waals surface area contributed by atoms with Crippen LogP contribution in [0.5, 0.6) is 5.75 Å². The van der Waals surface area contributed by atoms with Gasteiger partial charge in [-0.1, -0.05) is 0 Å². The molecule has 31 heavy (non-hydrogen) atoms. The van der Waals surface area contributed by atoms with Crippen molar-refractivity contribution in [1.82, 2.24) is 10.2 Å². The first-order valence-corrected chi connectivity index (χ1v) is 10.2. The normalized spacial score (nSPS) is 31.3. The summed E-state index contributed by atoms with van der Waals surface area (Å²) >= 11 is 5.41. The Hall–Kier alpha value is -2.15. The molecule has 1 amide bonds. The monoisotopic (exact) mass is 461 g/mol. The Labute approximate surface area is 181 Å². The van der Waals surface area contributed by atoms with E-state index in [1.54, 1.807) is 9.80 Å². The van der Waals surface area contributed by atoms with Crippen LogP contribution in [0.3, 0.4) is 0 Å². The smallest absolute Gasteiger partial charge is 0.406 e. The van der Waals surface area contributed by atoms with Crippen molar-refractivity contribution in [3.63, 3.8) is 0 Å². The summed E-state index contributed by atoms with van der Waals surface area (Å²) in [7, 11) is 0. The van der Waals surface area contributed by atoms with E-state index >= 15 is 0 Å². The molecule has 3 aliphatic rings. The van der Waals surface area contributed by atoms with Gasteiger partial charge in [-0.25, -0.2) is 0 Å². The third-order valence-electron chi connectivity index (χ3n) is 5.83. The van der Waals surface area contributed by atoms with E-state index in [-0.39, 0.29) is 23.2 Å². The average Bonchev–Trinajstić information content (AvgIpc) is 3.07. The first-order chi connectivity index (χ1) is 14.7. The lowest BCUT2D eigenvalue weighted by molar-refractivity contribution is -0.274. The van der Waals surface area contributed by atoms with E-state index in [1.165, 1.54) is 12.1 Å². The topological polar surface area (TPSA) is 94.5 Å². The molecule has 1 saturated carbocycles. The molecule has 2 heterocycles. The second-order valence-electron chi connectivity index (χ2n) is 7.72. The standard InChI is InChI=1S/C19H22F3N3O5S/c20-19(21,22)30-11-3-1-10(2-4-11)25-15-12(17(28)24-5-7-29-8-6-24)9-13(26)16(27)14(15)23-18(25)31/h1-4,12-16,26-27H,5-9H2,(H,23,31)/t12-,13-,14-,15-,16+/m1/s1. The van der Waals surface area contributed by atoms with Crippen molar-refractivity contribution in [3.05, 3.63) is 24.3 Å². The minimum absolute atomic E-state index is 0.0363. The van der Waals surface area contributed by atoms with Crippen LogP contribution < -0.4 is 15.0 Å². The summed E-state index contributed by atoms with van der Waals surface area (Å²) in [6.45, 7) is 1.68. The van der Waals surface area contributed by atoms with Crippen LogP contribution in [0.25, 0.3) is 0 Å². The number of carbonyl (C=O) groups excluding carboxylic acids is 1. The van der Waals surface area contributed by atoms with Crippen LogP contribution in [0.1, 0.15) is 6.42 Å². The van der Waals surface area contributed by atoms with Gasteiger partial charge >= 0.3 is 6.36 Å². The van der Waals surface area contributed by atoms with Gasteiger partial charge in [0.25, 0.3) is 0 Å². The fraction of sp³-hybridized carbons (Fsp3) is 0.579. The van der Waals surface area contributed by atoms with Gasteiger partial charge < -0.3 is 34.8 Å². The Bertz CT molecular complexity index is 834. The van der Waals surface area contributed by atoms with E-state index < -0.39 is 36.6 Å². The number of nitrogens with one attached hydrogen (secondary N) is 1. The fourth-order valence-corrected chi connectivity index (χ4v) is 4.82. The van der Waals surface area contributed by atoms with Crippen LogP contribution in [0.4, 0.5) is 18.9 Å². The molecule has 8 nitrogen and oxygen atoms in total. The molecular weight excluding hydrogens is 439 g/mol. The van der Waals surface area contributed by atoms with Gasteiger partial charge in [-0.3, -0.25) is 4.79 Å². The van der Waals surface area contributed by atoms with E-state index in [1.807, 2.05) is 0 Å². The highest BCUT2D eigenvalue weighted by Crippen LogP contribution is 2.38. The highest BCUT2D eigenvalue weighted by molar-refractivity contribution is 7.80. The van der Waals surface area contributed by atoms with E-state index in [2.05, 4.69) is 10.1 Å². The summed E-state index contributed by atoms with van der Waals surface area (Å²) in [5, 5.41) is 24.1. The summed E-state index contributed by atoms with van der Waals surface area (Å²) in [5.74, 6) is -1.25. The molecule has 170 valence electrons. The molecule has 1 aromatic rings. The number of amides is 1. The van der Waals surface area contributed by atoms with E-state index in [0.717, 1.165) is 12.1 Å². The van der Waals surface area contributed by atoms with Crippen LogP contribution in [0.15, 0.2) is 24.3 Å². The third kappa shape index (κ3) is 4.43. The number of aliphatic hydroxyl groups is 2. The minimum atomic E-state index is -4.81. The number of morpholine rings is 1. The number of aliphatic hydroxyl groups excluding tert-OH is 2. The highest BCUT2D eigenvalue weighted by atomic mass is 32.1. The first kappa shape index (κ1) is 22.1. The molecule has 2 saturated heterocycles. The second kappa shape index (κ2) is 8.41. The van der Waals surface area contributed by atoms with Crippen molar-refractivity contribution in [2.45, 2.75) is 37.1 Å². The molecule has 5 atom stereocenters. The summed E-state index contributed by atoms with van der Waals surface area (Å²) < 4.78 is 46.6. The predicted molar refractivity (Wildman–Crippen MR) is 106 cm³/mol. The Morgan fingerprint density at radius 3 is 2.45 bits per heavy atom. The van der Waals surface area contributed by atoms with Gasteiger partial charge in [0.2, 0.25) is 5.91 Å². The van der Waals surface area contributed by atoms with Crippen LogP contribution in [0.2, 0.25) is 0 Å². The number of benzene rings is 1. The van der Waals surface area contributed by atoms with Crippen LogP contribution in [-0.4, -0.2) is 83.1 Å². The molecule has 0 bridgehead atoms. The molecule has 4 rings (SSSR count). The summed E-state index contributed by atoms with van der Waals surface area (Å²) in [4.78, 5) is 16.6. The van der Waals surface area contributed by atoms with Gasteiger partial charge in [0, 0.05) is 18.8 Å². The number of hydrogen-bond donors (Lipinski definition) is 3. The maximum atomic E-state index is 13.3. The maximum Gasteiger partial charge on any atom is 0.573 e. The maximum absolute atomic E-state index is 13.3. The van der Waals surface area contributed by atoms with Crippen molar-refractivity contribution in [2.24, 2.45) is 5.92 Å². The number of alkyl halides is 3. The van der Waals surface area contributed by atoms with Crippen LogP contribution in [0, 0.1) is 5.92 Å². The number of nitrogens with zero attached hydrogens (tertiary/aromatic N) is 2. The van der Waals surface area contributed by atoms with Crippen molar-refractivity contribution in [2.75, 3.05) is 31.2 Å². The number of hydrogen-bond acceptors (Lipinski definition) is 6. The Morgan fingerprint density at radius 1 is 1.19 bits per heavy atom. The van der Waals surface area contributed by atoms with Gasteiger partial charge in [0.15, 0.2) is 5.11 Å². The van der Waals surface area contributed by atoms with Gasteiger partial charge in [-0.15, -0.1) is 13.2 Å². The number of anilines is 1. The molecule has 1 aliphatic carbocycles. The molecule has 0 unspecified atom stereocenters. The van der Waals surface area contributed by atoms with E-state index in [4.69, 9.17) is 17.0 Å². The van der Waals surface area contributed by atoms with Crippen molar-refractivity contribution < 1.29 is 37.7 Å². The molecular formula is C19H22F3N3O5S. The summed E-state index contributed by atoms with van der Waals surface area (Å²) in [6, 6.07) is 3.81. The lowest BCUT2D eigenvalue weighted by Gasteiger charge is -2.43. The molecule has 1 aromatic carbocycles. The highest BCUT2D eigenvalue weighted by Gasteiger charge is 2.54. The molecule has 12 heteroatoms.